The molecule has 0 aliphatic carbocycles. The quantitative estimate of drug-likeness (QED) is 0.822. The smallest absolute Gasteiger partial charge is 0.244 e. The van der Waals surface area contributed by atoms with Crippen LogP contribution in [0.5, 0.6) is 11.5 Å². The van der Waals surface area contributed by atoms with Crippen LogP contribution in [0, 0.1) is 5.82 Å². The first-order chi connectivity index (χ1) is 11.5. The Kier molecular flexibility index (Phi) is 5.95. The van der Waals surface area contributed by atoms with Crippen molar-refractivity contribution in [2.24, 2.45) is 0 Å². The highest BCUT2D eigenvalue weighted by Gasteiger charge is 2.08. The molecule has 2 aromatic rings. The van der Waals surface area contributed by atoms with Crippen LogP contribution in [0.1, 0.15) is 24.1 Å². The molecule has 0 heterocycles. The Balaban J connectivity index is 2.01. The Bertz CT molecular complexity index is 726. The third kappa shape index (κ3) is 4.59. The van der Waals surface area contributed by atoms with E-state index >= 15 is 0 Å². The van der Waals surface area contributed by atoms with Crippen LogP contribution in [0.3, 0.4) is 0 Å². The van der Waals surface area contributed by atoms with Gasteiger partial charge in [-0.05, 0) is 48.4 Å². The van der Waals surface area contributed by atoms with Crippen molar-refractivity contribution in [2.45, 2.75) is 13.0 Å². The normalized spacial score (nSPS) is 12.0. The minimum atomic E-state index is -0.300. The summed E-state index contributed by atoms with van der Waals surface area (Å²) in [7, 11) is 3.13. The molecule has 126 valence electrons. The molecule has 2 aromatic carbocycles. The highest BCUT2D eigenvalue weighted by Crippen LogP contribution is 2.27. The van der Waals surface area contributed by atoms with Crippen molar-refractivity contribution in [1.82, 2.24) is 5.32 Å². The maximum atomic E-state index is 12.9. The molecule has 0 aromatic heterocycles. The predicted octanol–water partition coefficient (Wildman–Crippen LogP) is 3.73. The summed E-state index contributed by atoms with van der Waals surface area (Å²) < 4.78 is 23.3. The van der Waals surface area contributed by atoms with E-state index in [1.807, 2.05) is 13.0 Å². The van der Waals surface area contributed by atoms with Crippen molar-refractivity contribution in [3.63, 3.8) is 0 Å². The number of benzene rings is 2. The zero-order valence-corrected chi connectivity index (χ0v) is 13.9. The van der Waals surface area contributed by atoms with Crippen LogP contribution in [-0.4, -0.2) is 20.1 Å². The molecule has 0 saturated carbocycles. The Morgan fingerprint density at radius 3 is 2.38 bits per heavy atom. The Labute approximate surface area is 140 Å². The third-order valence-electron chi connectivity index (χ3n) is 3.56. The van der Waals surface area contributed by atoms with Gasteiger partial charge in [-0.3, -0.25) is 4.79 Å². The van der Waals surface area contributed by atoms with Crippen LogP contribution < -0.4 is 14.8 Å². The second-order valence-corrected chi connectivity index (χ2v) is 5.23. The van der Waals surface area contributed by atoms with E-state index in [0.29, 0.717) is 11.5 Å². The van der Waals surface area contributed by atoms with Gasteiger partial charge in [0.2, 0.25) is 5.91 Å². The van der Waals surface area contributed by atoms with Gasteiger partial charge in [0, 0.05) is 6.08 Å². The van der Waals surface area contributed by atoms with Crippen LogP contribution in [0.25, 0.3) is 6.08 Å². The van der Waals surface area contributed by atoms with E-state index < -0.39 is 0 Å². The van der Waals surface area contributed by atoms with Gasteiger partial charge in [-0.2, -0.15) is 0 Å². The van der Waals surface area contributed by atoms with Crippen LogP contribution >= 0.6 is 0 Å². The summed E-state index contributed by atoms with van der Waals surface area (Å²) in [5.41, 5.74) is 1.65. The Morgan fingerprint density at radius 1 is 1.08 bits per heavy atom. The number of methoxy groups -OCH3 is 2. The van der Waals surface area contributed by atoms with E-state index in [-0.39, 0.29) is 17.8 Å². The molecular formula is C19H20FNO3. The second-order valence-electron chi connectivity index (χ2n) is 5.23. The van der Waals surface area contributed by atoms with Gasteiger partial charge in [0.05, 0.1) is 20.3 Å². The van der Waals surface area contributed by atoms with E-state index in [0.717, 1.165) is 11.1 Å². The summed E-state index contributed by atoms with van der Waals surface area (Å²) in [4.78, 5) is 12.0. The van der Waals surface area contributed by atoms with E-state index in [9.17, 15) is 9.18 Å². The highest BCUT2D eigenvalue weighted by atomic mass is 19.1. The predicted molar refractivity (Wildman–Crippen MR) is 91.5 cm³/mol. The fraction of sp³-hybridized carbons (Fsp3) is 0.211. The largest absolute Gasteiger partial charge is 0.493 e. The maximum Gasteiger partial charge on any atom is 0.244 e. The molecular weight excluding hydrogens is 309 g/mol. The van der Waals surface area contributed by atoms with Crippen molar-refractivity contribution in [2.75, 3.05) is 14.2 Å². The fourth-order valence-electron chi connectivity index (χ4n) is 2.22. The summed E-state index contributed by atoms with van der Waals surface area (Å²) >= 11 is 0. The number of nitrogens with one attached hydrogen (secondary N) is 1. The van der Waals surface area contributed by atoms with Gasteiger partial charge in [0.15, 0.2) is 11.5 Å². The van der Waals surface area contributed by atoms with Crippen molar-refractivity contribution < 1.29 is 18.7 Å². The van der Waals surface area contributed by atoms with Gasteiger partial charge in [-0.15, -0.1) is 0 Å². The first kappa shape index (κ1) is 17.5. The average Bonchev–Trinajstić information content (AvgIpc) is 2.60. The maximum absolute atomic E-state index is 12.9. The molecule has 0 bridgehead atoms. The molecule has 1 unspecified atom stereocenters. The topological polar surface area (TPSA) is 47.6 Å². The monoisotopic (exact) mass is 329 g/mol. The van der Waals surface area contributed by atoms with Crippen LogP contribution in [0.15, 0.2) is 48.5 Å². The molecule has 5 heteroatoms. The molecule has 0 aliphatic heterocycles. The van der Waals surface area contributed by atoms with Gasteiger partial charge in [0.1, 0.15) is 5.82 Å². The lowest BCUT2D eigenvalue weighted by Gasteiger charge is -2.12. The van der Waals surface area contributed by atoms with E-state index in [1.54, 1.807) is 44.6 Å². The number of amides is 1. The molecule has 0 radical (unpaired) electrons. The molecule has 24 heavy (non-hydrogen) atoms. The van der Waals surface area contributed by atoms with Crippen molar-refractivity contribution in [1.29, 1.82) is 0 Å². The Morgan fingerprint density at radius 2 is 1.75 bits per heavy atom. The lowest BCUT2D eigenvalue weighted by atomic mass is 10.1. The molecule has 0 saturated heterocycles. The number of rotatable bonds is 6. The lowest BCUT2D eigenvalue weighted by Crippen LogP contribution is -2.24. The van der Waals surface area contributed by atoms with E-state index in [2.05, 4.69) is 5.32 Å². The molecule has 1 atom stereocenters. The minimum Gasteiger partial charge on any atom is -0.493 e. The van der Waals surface area contributed by atoms with Crippen molar-refractivity contribution in [3.05, 3.63) is 65.5 Å². The zero-order valence-electron chi connectivity index (χ0n) is 13.9. The fourth-order valence-corrected chi connectivity index (χ4v) is 2.22. The second kappa shape index (κ2) is 8.15. The molecule has 1 amide bonds. The van der Waals surface area contributed by atoms with E-state index in [1.165, 1.54) is 18.2 Å². The molecule has 0 fully saturated rings. The summed E-state index contributed by atoms with van der Waals surface area (Å²) in [5, 5.41) is 2.83. The van der Waals surface area contributed by atoms with Gasteiger partial charge >= 0.3 is 0 Å². The summed E-state index contributed by atoms with van der Waals surface area (Å²) in [5.74, 6) is 0.691. The van der Waals surface area contributed by atoms with E-state index in [4.69, 9.17) is 9.47 Å². The van der Waals surface area contributed by atoms with Gasteiger partial charge < -0.3 is 14.8 Å². The van der Waals surface area contributed by atoms with Gasteiger partial charge in [-0.1, -0.05) is 18.2 Å². The first-order valence-corrected chi connectivity index (χ1v) is 7.49. The number of halogens is 1. The molecule has 4 nitrogen and oxygen atoms in total. The van der Waals surface area contributed by atoms with Gasteiger partial charge in [0.25, 0.3) is 0 Å². The number of hydrogen-bond acceptors (Lipinski definition) is 3. The number of hydrogen-bond donors (Lipinski definition) is 1. The zero-order chi connectivity index (χ0) is 17.5. The van der Waals surface area contributed by atoms with Crippen molar-refractivity contribution in [3.8, 4) is 11.5 Å². The van der Waals surface area contributed by atoms with Crippen LogP contribution in [0.2, 0.25) is 0 Å². The summed E-state index contributed by atoms with van der Waals surface area (Å²) in [6.45, 7) is 1.84. The van der Waals surface area contributed by atoms with Crippen LogP contribution in [0.4, 0.5) is 4.39 Å². The first-order valence-electron chi connectivity index (χ1n) is 7.49. The number of ether oxygens (including phenoxy) is 2. The lowest BCUT2D eigenvalue weighted by molar-refractivity contribution is -0.117. The SMILES string of the molecule is COc1ccc(/C=C/C(=O)NC(C)c2ccc(F)cc2)cc1OC. The molecule has 2 rings (SSSR count). The molecule has 0 aliphatic rings. The standard InChI is InChI=1S/C19H20FNO3/c1-13(15-6-8-16(20)9-7-15)21-19(22)11-5-14-4-10-17(23-2)18(12-14)24-3/h4-13H,1-3H3,(H,21,22)/b11-5+. The van der Waals surface area contributed by atoms with Crippen LogP contribution in [-0.2, 0) is 4.79 Å². The third-order valence-corrected chi connectivity index (χ3v) is 3.56. The van der Waals surface area contributed by atoms with Crippen molar-refractivity contribution >= 4 is 12.0 Å². The summed E-state index contributed by atoms with van der Waals surface area (Å²) in [6.07, 6.45) is 3.13. The number of carbonyl (C=O) groups excluding carboxylic acids is 1. The summed E-state index contributed by atoms with van der Waals surface area (Å²) in [6, 6.07) is 11.2. The molecule has 0 spiro atoms. The number of carbonyl (C=O) groups is 1. The highest BCUT2D eigenvalue weighted by molar-refractivity contribution is 5.92. The molecule has 1 N–H and O–H groups in total. The Hall–Kier alpha value is -2.82. The average molecular weight is 329 g/mol. The minimum absolute atomic E-state index is 0.215. The van der Waals surface area contributed by atoms with Gasteiger partial charge in [-0.25, -0.2) is 4.39 Å².